The first kappa shape index (κ1) is 15.5. The van der Waals surface area contributed by atoms with E-state index in [0.717, 1.165) is 23.9 Å². The van der Waals surface area contributed by atoms with Gasteiger partial charge in [-0.25, -0.2) is 0 Å². The van der Waals surface area contributed by atoms with Crippen molar-refractivity contribution in [1.29, 1.82) is 0 Å². The minimum atomic E-state index is -3.64. The lowest BCUT2D eigenvalue weighted by atomic mass is 9.88. The summed E-state index contributed by atoms with van der Waals surface area (Å²) in [5, 5.41) is 0. The highest BCUT2D eigenvalue weighted by Crippen LogP contribution is 2.35. The zero-order valence-corrected chi connectivity index (χ0v) is 14.4. The second kappa shape index (κ2) is 5.99. The quantitative estimate of drug-likeness (QED) is 0.760. The van der Waals surface area contributed by atoms with E-state index in [1.54, 1.807) is 24.3 Å². The number of halogens is 1. The monoisotopic (exact) mass is 373 g/mol. The third kappa shape index (κ3) is 3.33. The number of benzene rings is 1. The number of rotatable bonds is 4. The summed E-state index contributed by atoms with van der Waals surface area (Å²) >= 11 is 3.30. The van der Waals surface area contributed by atoms with Gasteiger partial charge < -0.3 is 0 Å². The van der Waals surface area contributed by atoms with Crippen molar-refractivity contribution in [2.24, 2.45) is 0 Å². The minimum absolute atomic E-state index is 0.170. The lowest BCUT2D eigenvalue weighted by molar-refractivity contribution is 0.0179. The molecule has 1 aliphatic heterocycles. The average molecular weight is 374 g/mol. The van der Waals surface area contributed by atoms with E-state index in [9.17, 15) is 8.42 Å². The van der Waals surface area contributed by atoms with E-state index in [-0.39, 0.29) is 11.0 Å². The molecule has 1 unspecified atom stereocenters. The van der Waals surface area contributed by atoms with E-state index < -0.39 is 10.1 Å². The van der Waals surface area contributed by atoms with Crippen molar-refractivity contribution >= 4 is 26.0 Å². The summed E-state index contributed by atoms with van der Waals surface area (Å²) in [4.78, 5) is 2.72. The van der Waals surface area contributed by atoms with Gasteiger partial charge in [-0.05, 0) is 63.4 Å². The van der Waals surface area contributed by atoms with Crippen LogP contribution >= 0.6 is 15.9 Å². The van der Waals surface area contributed by atoms with Crippen LogP contribution < -0.4 is 0 Å². The highest BCUT2D eigenvalue weighted by atomic mass is 79.9. The predicted molar refractivity (Wildman–Crippen MR) is 84.6 cm³/mol. The van der Waals surface area contributed by atoms with Crippen LogP contribution in [0.25, 0.3) is 0 Å². The Bertz CT molecular complexity index is 596. The maximum Gasteiger partial charge on any atom is 0.297 e. The largest absolute Gasteiger partial charge is 0.298 e. The number of hydrogen-bond acceptors (Lipinski definition) is 4. The molecular formula is C15H20BrNO3S. The van der Waals surface area contributed by atoms with Crippen LogP contribution in [-0.2, 0) is 14.3 Å². The van der Waals surface area contributed by atoms with Gasteiger partial charge in [0.25, 0.3) is 10.1 Å². The molecule has 1 saturated heterocycles. The van der Waals surface area contributed by atoms with E-state index >= 15 is 0 Å². The lowest BCUT2D eigenvalue weighted by Gasteiger charge is -2.42. The Labute approximate surface area is 134 Å². The van der Waals surface area contributed by atoms with Gasteiger partial charge in [0.05, 0.1) is 11.0 Å². The standard InChI is InChI=1S/C15H20BrNO3S/c1-11-3-2-8-17(11)13-9-14(10-13)20-21(18,19)15-6-4-12(16)5-7-15/h4-7,11,13-14H,2-3,8-10H2,1H3/t11?,13-,14+. The molecule has 3 rings (SSSR count). The molecule has 2 fully saturated rings. The van der Waals surface area contributed by atoms with Gasteiger partial charge in [0.15, 0.2) is 0 Å². The molecule has 4 nitrogen and oxygen atoms in total. The van der Waals surface area contributed by atoms with Crippen LogP contribution in [0.15, 0.2) is 33.6 Å². The van der Waals surface area contributed by atoms with Crippen molar-refractivity contribution in [2.45, 2.75) is 55.7 Å². The molecule has 0 aromatic heterocycles. The van der Waals surface area contributed by atoms with Gasteiger partial charge in [-0.15, -0.1) is 0 Å². The summed E-state index contributed by atoms with van der Waals surface area (Å²) in [6, 6.07) is 7.68. The van der Waals surface area contributed by atoms with E-state index in [4.69, 9.17) is 4.18 Å². The van der Waals surface area contributed by atoms with Crippen molar-refractivity contribution in [3.63, 3.8) is 0 Å². The van der Waals surface area contributed by atoms with Gasteiger partial charge in [-0.3, -0.25) is 9.08 Å². The fraction of sp³-hybridized carbons (Fsp3) is 0.600. The smallest absolute Gasteiger partial charge is 0.297 e. The molecule has 0 bridgehead atoms. The van der Waals surface area contributed by atoms with Crippen LogP contribution in [0.4, 0.5) is 0 Å². The summed E-state index contributed by atoms with van der Waals surface area (Å²) in [7, 11) is -3.64. The fourth-order valence-electron chi connectivity index (χ4n) is 3.22. The van der Waals surface area contributed by atoms with E-state index in [2.05, 4.69) is 27.8 Å². The van der Waals surface area contributed by atoms with Crippen molar-refractivity contribution in [3.8, 4) is 0 Å². The molecule has 1 saturated carbocycles. The zero-order chi connectivity index (χ0) is 15.0. The molecule has 0 radical (unpaired) electrons. The van der Waals surface area contributed by atoms with E-state index in [0.29, 0.717) is 12.1 Å². The summed E-state index contributed by atoms with van der Waals surface area (Å²) in [5.41, 5.74) is 0. The van der Waals surface area contributed by atoms with Crippen LogP contribution in [0.2, 0.25) is 0 Å². The Morgan fingerprint density at radius 3 is 2.48 bits per heavy atom. The molecule has 0 amide bonds. The summed E-state index contributed by atoms with van der Waals surface area (Å²) in [6.45, 7) is 3.39. The Balaban J connectivity index is 1.57. The Hall–Kier alpha value is -0.430. The Morgan fingerprint density at radius 2 is 1.90 bits per heavy atom. The average Bonchev–Trinajstić information content (AvgIpc) is 2.80. The SMILES string of the molecule is CC1CCCN1[C@H]1C[C@@H](OS(=O)(=O)c2ccc(Br)cc2)C1. The van der Waals surface area contributed by atoms with Crippen molar-refractivity contribution in [2.75, 3.05) is 6.54 Å². The molecule has 1 heterocycles. The maximum atomic E-state index is 12.2. The maximum absolute atomic E-state index is 12.2. The first-order valence-electron chi connectivity index (χ1n) is 7.40. The van der Waals surface area contributed by atoms with E-state index in [1.165, 1.54) is 12.8 Å². The van der Waals surface area contributed by atoms with Crippen LogP contribution in [0.3, 0.4) is 0 Å². The van der Waals surface area contributed by atoms with E-state index in [1.807, 2.05) is 0 Å². The summed E-state index contributed by atoms with van der Waals surface area (Å²) in [6.07, 6.45) is 3.97. The predicted octanol–water partition coefficient (Wildman–Crippen LogP) is 3.17. The van der Waals surface area contributed by atoms with Gasteiger partial charge in [0.1, 0.15) is 0 Å². The first-order valence-corrected chi connectivity index (χ1v) is 9.60. The third-order valence-corrected chi connectivity index (χ3v) is 6.41. The van der Waals surface area contributed by atoms with Crippen molar-refractivity contribution in [3.05, 3.63) is 28.7 Å². The lowest BCUT2D eigenvalue weighted by Crippen LogP contribution is -2.49. The zero-order valence-electron chi connectivity index (χ0n) is 12.0. The van der Waals surface area contributed by atoms with Gasteiger partial charge >= 0.3 is 0 Å². The number of likely N-dealkylation sites (tertiary alicyclic amines) is 1. The molecule has 1 aromatic rings. The molecule has 1 aromatic carbocycles. The normalized spacial score (nSPS) is 30.3. The second-order valence-electron chi connectivity index (χ2n) is 5.98. The third-order valence-electron chi connectivity index (χ3n) is 4.51. The molecule has 116 valence electrons. The van der Waals surface area contributed by atoms with Gasteiger partial charge in [-0.2, -0.15) is 8.42 Å². The van der Waals surface area contributed by atoms with Gasteiger partial charge in [-0.1, -0.05) is 15.9 Å². The highest BCUT2D eigenvalue weighted by Gasteiger charge is 2.40. The molecule has 6 heteroatoms. The summed E-state index contributed by atoms with van der Waals surface area (Å²) < 4.78 is 30.6. The molecule has 0 spiro atoms. The topological polar surface area (TPSA) is 46.6 Å². The first-order chi connectivity index (χ1) is 9.95. The van der Waals surface area contributed by atoms with Gasteiger partial charge in [0, 0.05) is 16.6 Å². The fourth-order valence-corrected chi connectivity index (χ4v) is 4.58. The number of hydrogen-bond donors (Lipinski definition) is 0. The molecular weight excluding hydrogens is 354 g/mol. The molecule has 2 aliphatic rings. The Morgan fingerprint density at radius 1 is 1.24 bits per heavy atom. The van der Waals surface area contributed by atoms with Crippen LogP contribution in [0.1, 0.15) is 32.6 Å². The Kier molecular flexibility index (Phi) is 4.41. The second-order valence-corrected chi connectivity index (χ2v) is 8.47. The molecule has 1 aliphatic carbocycles. The van der Waals surface area contributed by atoms with Crippen LogP contribution in [-0.4, -0.2) is 38.1 Å². The van der Waals surface area contributed by atoms with Gasteiger partial charge in [0.2, 0.25) is 0 Å². The van der Waals surface area contributed by atoms with Crippen LogP contribution in [0, 0.1) is 0 Å². The number of nitrogens with zero attached hydrogens (tertiary/aromatic N) is 1. The molecule has 0 N–H and O–H groups in total. The molecule has 21 heavy (non-hydrogen) atoms. The summed E-state index contributed by atoms with van der Waals surface area (Å²) in [5.74, 6) is 0. The minimum Gasteiger partial charge on any atom is -0.298 e. The molecule has 1 atom stereocenters. The van der Waals surface area contributed by atoms with Crippen LogP contribution in [0.5, 0.6) is 0 Å². The van der Waals surface area contributed by atoms with Crippen molar-refractivity contribution < 1.29 is 12.6 Å². The highest BCUT2D eigenvalue weighted by molar-refractivity contribution is 9.10. The van der Waals surface area contributed by atoms with Crippen molar-refractivity contribution in [1.82, 2.24) is 4.90 Å².